The Labute approximate surface area is 155 Å². The molecule has 1 aromatic rings. The van der Waals surface area contributed by atoms with Crippen LogP contribution in [0.2, 0.25) is 0 Å². The number of phenolic OH excluding ortho intramolecular Hbond substituents is 1. The van der Waals surface area contributed by atoms with E-state index >= 15 is 0 Å². The number of likely N-dealkylation sites (tertiary alicyclic amines) is 1. The van der Waals surface area contributed by atoms with E-state index in [4.69, 9.17) is 0 Å². The number of carbonyl (C=O) groups is 3. The lowest BCUT2D eigenvalue weighted by atomic mass is 9.81. The van der Waals surface area contributed by atoms with Gasteiger partial charge in [-0.05, 0) is 25.0 Å². The van der Waals surface area contributed by atoms with Crippen LogP contribution in [0.15, 0.2) is 24.3 Å². The quantitative estimate of drug-likeness (QED) is 0.536. The van der Waals surface area contributed by atoms with Crippen LogP contribution in [-0.4, -0.2) is 43.9 Å². The Kier molecular flexibility index (Phi) is 4.96. The summed E-state index contributed by atoms with van der Waals surface area (Å²) in [5.74, 6) is -1.71. The van der Waals surface area contributed by atoms with Crippen molar-refractivity contribution in [3.05, 3.63) is 24.3 Å². The Morgan fingerprint density at radius 2 is 1.75 bits per heavy atom. The molecule has 1 saturated carbocycles. The standard InChI is InChI=1S/C16H16Br2N2O4/c17-12-5-10-11(6-13(12)18)16(24)20(15(10)23)7-14(22)19-8-2-1-3-9(21)4-8/h1-4,10-13,21H,5-7H2,(H,19,22)/t10-,11-,12-,13+/m1/s1. The number of imide groups is 1. The Bertz CT molecular complexity index is 668. The van der Waals surface area contributed by atoms with Crippen LogP contribution in [0.1, 0.15) is 12.8 Å². The highest BCUT2D eigenvalue weighted by atomic mass is 79.9. The summed E-state index contributed by atoms with van der Waals surface area (Å²) in [5.41, 5.74) is 0.414. The number of alkyl halides is 2. The van der Waals surface area contributed by atoms with E-state index in [1.807, 2.05) is 0 Å². The number of phenols is 1. The maximum absolute atomic E-state index is 12.5. The van der Waals surface area contributed by atoms with Crippen molar-refractivity contribution >= 4 is 55.3 Å². The number of fused-ring (bicyclic) bond motifs is 1. The molecule has 0 bridgehead atoms. The molecule has 3 rings (SSSR count). The first-order valence-electron chi connectivity index (χ1n) is 7.59. The maximum atomic E-state index is 12.5. The predicted octanol–water partition coefficient (Wildman–Crippen LogP) is 2.25. The lowest BCUT2D eigenvalue weighted by Crippen LogP contribution is -2.38. The molecule has 0 radical (unpaired) electrons. The number of hydrogen-bond donors (Lipinski definition) is 2. The monoisotopic (exact) mass is 458 g/mol. The summed E-state index contributed by atoms with van der Waals surface area (Å²) in [7, 11) is 0. The zero-order valence-electron chi connectivity index (χ0n) is 12.6. The molecular formula is C16H16Br2N2O4. The van der Waals surface area contributed by atoms with Crippen molar-refractivity contribution in [1.82, 2.24) is 4.90 Å². The first-order chi connectivity index (χ1) is 11.4. The topological polar surface area (TPSA) is 86.7 Å². The molecule has 0 spiro atoms. The minimum atomic E-state index is -0.466. The second kappa shape index (κ2) is 6.84. The minimum Gasteiger partial charge on any atom is -0.508 e. The average Bonchev–Trinajstić information content (AvgIpc) is 2.73. The van der Waals surface area contributed by atoms with Gasteiger partial charge in [0.25, 0.3) is 0 Å². The zero-order valence-corrected chi connectivity index (χ0v) is 15.8. The number of benzene rings is 1. The number of rotatable bonds is 3. The van der Waals surface area contributed by atoms with Crippen molar-refractivity contribution in [2.75, 3.05) is 11.9 Å². The van der Waals surface area contributed by atoms with Crippen molar-refractivity contribution in [2.45, 2.75) is 22.5 Å². The smallest absolute Gasteiger partial charge is 0.244 e. The molecule has 128 valence electrons. The van der Waals surface area contributed by atoms with Gasteiger partial charge >= 0.3 is 0 Å². The van der Waals surface area contributed by atoms with Gasteiger partial charge in [-0.1, -0.05) is 37.9 Å². The molecule has 1 aliphatic heterocycles. The predicted molar refractivity (Wildman–Crippen MR) is 95.1 cm³/mol. The van der Waals surface area contributed by atoms with Gasteiger partial charge in [0.2, 0.25) is 17.7 Å². The Balaban J connectivity index is 1.68. The fraction of sp³-hybridized carbons (Fsp3) is 0.438. The fourth-order valence-electron chi connectivity index (χ4n) is 3.25. The Morgan fingerprint density at radius 3 is 2.29 bits per heavy atom. The van der Waals surface area contributed by atoms with Crippen molar-refractivity contribution < 1.29 is 19.5 Å². The molecule has 6 nitrogen and oxygen atoms in total. The van der Waals surface area contributed by atoms with E-state index < -0.39 is 5.91 Å². The molecule has 1 aliphatic carbocycles. The fourth-order valence-corrected chi connectivity index (χ4v) is 4.48. The summed E-state index contributed by atoms with van der Waals surface area (Å²) in [6.45, 7) is -0.305. The summed E-state index contributed by atoms with van der Waals surface area (Å²) in [4.78, 5) is 38.5. The van der Waals surface area contributed by atoms with E-state index in [0.717, 1.165) is 4.90 Å². The largest absolute Gasteiger partial charge is 0.508 e. The van der Waals surface area contributed by atoms with Gasteiger partial charge in [0.1, 0.15) is 12.3 Å². The lowest BCUT2D eigenvalue weighted by Gasteiger charge is -2.29. The molecule has 1 saturated heterocycles. The van der Waals surface area contributed by atoms with Crippen LogP contribution >= 0.6 is 31.9 Å². The molecule has 2 fully saturated rings. The van der Waals surface area contributed by atoms with E-state index in [9.17, 15) is 19.5 Å². The molecule has 0 aromatic heterocycles. The van der Waals surface area contributed by atoms with Crippen LogP contribution in [-0.2, 0) is 14.4 Å². The van der Waals surface area contributed by atoms with E-state index in [1.165, 1.54) is 12.1 Å². The number of carbonyl (C=O) groups excluding carboxylic acids is 3. The summed E-state index contributed by atoms with van der Waals surface area (Å²) < 4.78 is 0. The molecule has 4 atom stereocenters. The third kappa shape index (κ3) is 3.35. The Morgan fingerprint density at radius 1 is 1.17 bits per heavy atom. The third-order valence-corrected chi connectivity index (χ3v) is 7.17. The molecule has 0 unspecified atom stereocenters. The van der Waals surface area contributed by atoms with Crippen LogP contribution in [0.25, 0.3) is 0 Å². The SMILES string of the molecule is O=C(CN1C(=O)[C@@H]2C[C@@H](Br)[C@@H](Br)C[C@H]2C1=O)Nc1cccc(O)c1. The van der Waals surface area contributed by atoms with Gasteiger partial charge in [-0.3, -0.25) is 19.3 Å². The van der Waals surface area contributed by atoms with Crippen molar-refractivity contribution in [3.8, 4) is 5.75 Å². The highest BCUT2D eigenvalue weighted by Gasteiger charge is 2.52. The number of halogens is 2. The number of nitrogens with one attached hydrogen (secondary N) is 1. The van der Waals surface area contributed by atoms with Crippen molar-refractivity contribution in [2.24, 2.45) is 11.8 Å². The zero-order chi connectivity index (χ0) is 17.4. The van der Waals surface area contributed by atoms with Gasteiger partial charge in [-0.15, -0.1) is 0 Å². The van der Waals surface area contributed by atoms with E-state index in [2.05, 4.69) is 37.2 Å². The van der Waals surface area contributed by atoms with Crippen LogP contribution < -0.4 is 5.32 Å². The minimum absolute atomic E-state index is 0.0267. The molecule has 1 aromatic carbocycles. The van der Waals surface area contributed by atoms with E-state index in [-0.39, 0.29) is 45.6 Å². The second-order valence-electron chi connectivity index (χ2n) is 6.08. The number of anilines is 1. The van der Waals surface area contributed by atoms with Crippen LogP contribution in [0.5, 0.6) is 5.75 Å². The average molecular weight is 460 g/mol. The number of nitrogens with zero attached hydrogens (tertiary/aromatic N) is 1. The molecule has 3 amide bonds. The number of hydrogen-bond acceptors (Lipinski definition) is 4. The summed E-state index contributed by atoms with van der Waals surface area (Å²) in [6.07, 6.45) is 1.16. The van der Waals surface area contributed by atoms with Crippen LogP contribution in [0, 0.1) is 11.8 Å². The van der Waals surface area contributed by atoms with E-state index in [0.29, 0.717) is 18.5 Å². The van der Waals surface area contributed by atoms with Gasteiger partial charge in [0.05, 0.1) is 11.8 Å². The molecule has 2 aliphatic rings. The highest BCUT2D eigenvalue weighted by Crippen LogP contribution is 2.43. The summed E-state index contributed by atoms with van der Waals surface area (Å²) >= 11 is 7.05. The molecule has 1 heterocycles. The first-order valence-corrected chi connectivity index (χ1v) is 9.42. The number of amides is 3. The normalized spacial score (nSPS) is 29.5. The van der Waals surface area contributed by atoms with Gasteiger partial charge in [0.15, 0.2) is 0 Å². The van der Waals surface area contributed by atoms with Gasteiger partial charge in [-0.25, -0.2) is 0 Å². The maximum Gasteiger partial charge on any atom is 0.244 e. The first kappa shape index (κ1) is 17.4. The van der Waals surface area contributed by atoms with E-state index in [1.54, 1.807) is 12.1 Å². The van der Waals surface area contributed by atoms with Crippen molar-refractivity contribution in [1.29, 1.82) is 0 Å². The van der Waals surface area contributed by atoms with Gasteiger partial charge < -0.3 is 10.4 Å². The third-order valence-electron chi connectivity index (χ3n) is 4.43. The Hall–Kier alpha value is -1.41. The highest BCUT2D eigenvalue weighted by molar-refractivity contribution is 9.12. The lowest BCUT2D eigenvalue weighted by molar-refractivity contribution is -0.142. The molecule has 24 heavy (non-hydrogen) atoms. The van der Waals surface area contributed by atoms with Gasteiger partial charge in [-0.2, -0.15) is 0 Å². The summed E-state index contributed by atoms with van der Waals surface area (Å²) in [6, 6.07) is 6.10. The van der Waals surface area contributed by atoms with Crippen LogP contribution in [0.3, 0.4) is 0 Å². The molecule has 8 heteroatoms. The molecular weight excluding hydrogens is 444 g/mol. The summed E-state index contributed by atoms with van der Waals surface area (Å²) in [5, 5.41) is 12.0. The molecule has 2 N–H and O–H groups in total. The van der Waals surface area contributed by atoms with Crippen molar-refractivity contribution in [3.63, 3.8) is 0 Å². The van der Waals surface area contributed by atoms with Gasteiger partial charge in [0, 0.05) is 21.4 Å². The number of aromatic hydroxyl groups is 1. The van der Waals surface area contributed by atoms with Crippen LogP contribution in [0.4, 0.5) is 5.69 Å². The second-order valence-corrected chi connectivity index (χ2v) is 8.43.